The van der Waals surface area contributed by atoms with Gasteiger partial charge in [0, 0.05) is 11.1 Å². The number of alkyl halides is 2. The van der Waals surface area contributed by atoms with E-state index < -0.39 is 6.61 Å². The maximum Gasteiger partial charge on any atom is 0.387 e. The third-order valence-electron chi connectivity index (χ3n) is 3.47. The Labute approximate surface area is 143 Å². The van der Waals surface area contributed by atoms with Gasteiger partial charge in [-0.2, -0.15) is 8.78 Å². The Morgan fingerprint density at radius 2 is 1.68 bits per heavy atom. The van der Waals surface area contributed by atoms with Gasteiger partial charge in [-0.05, 0) is 35.7 Å². The summed E-state index contributed by atoms with van der Waals surface area (Å²) in [7, 11) is 0. The van der Waals surface area contributed by atoms with Gasteiger partial charge in [-0.3, -0.25) is 4.79 Å². The number of benzene rings is 3. The van der Waals surface area contributed by atoms with Gasteiger partial charge in [-0.1, -0.05) is 36.4 Å². The van der Waals surface area contributed by atoms with Crippen molar-refractivity contribution in [3.63, 3.8) is 0 Å². The summed E-state index contributed by atoms with van der Waals surface area (Å²) >= 11 is 0. The van der Waals surface area contributed by atoms with Crippen molar-refractivity contribution in [1.82, 2.24) is 0 Å². The largest absolute Gasteiger partial charge is 0.483 e. The second-order valence-corrected chi connectivity index (χ2v) is 5.22. The van der Waals surface area contributed by atoms with E-state index in [1.807, 2.05) is 36.4 Å². The van der Waals surface area contributed by atoms with Crippen LogP contribution in [0.4, 0.5) is 14.5 Å². The summed E-state index contributed by atoms with van der Waals surface area (Å²) in [4.78, 5) is 12.0. The Balaban J connectivity index is 1.59. The summed E-state index contributed by atoms with van der Waals surface area (Å²) in [5.41, 5.74) is 0.466. The van der Waals surface area contributed by atoms with Crippen LogP contribution in [0.1, 0.15) is 0 Å². The van der Waals surface area contributed by atoms with Crippen LogP contribution in [0.3, 0.4) is 0 Å². The molecule has 25 heavy (non-hydrogen) atoms. The Bertz CT molecular complexity index is 861. The second-order valence-electron chi connectivity index (χ2n) is 5.22. The summed E-state index contributed by atoms with van der Waals surface area (Å²) in [6.45, 7) is -3.04. The van der Waals surface area contributed by atoms with Crippen molar-refractivity contribution in [3.8, 4) is 11.5 Å². The lowest BCUT2D eigenvalue weighted by Crippen LogP contribution is -2.20. The van der Waals surface area contributed by atoms with Gasteiger partial charge >= 0.3 is 6.61 Å². The summed E-state index contributed by atoms with van der Waals surface area (Å²) in [6, 6.07) is 19.0. The molecule has 0 saturated carbocycles. The molecule has 0 saturated heterocycles. The minimum atomic E-state index is -2.88. The summed E-state index contributed by atoms with van der Waals surface area (Å²) in [6.07, 6.45) is 0. The molecule has 0 atom stereocenters. The highest BCUT2D eigenvalue weighted by atomic mass is 19.3. The van der Waals surface area contributed by atoms with Crippen LogP contribution in [0.15, 0.2) is 66.7 Å². The standard InChI is InChI=1S/C19H15F2NO3/c20-19(21)25-15-10-8-14(9-11-15)22-18(23)12-24-17-7-3-5-13-4-1-2-6-16(13)17/h1-11,19H,12H2,(H,22,23). The molecule has 0 radical (unpaired) electrons. The molecule has 0 spiro atoms. The Hall–Kier alpha value is -3.15. The number of hydrogen-bond acceptors (Lipinski definition) is 3. The number of rotatable bonds is 6. The molecule has 6 heteroatoms. The van der Waals surface area contributed by atoms with E-state index in [1.54, 1.807) is 6.07 Å². The molecule has 0 aliphatic heterocycles. The zero-order valence-corrected chi connectivity index (χ0v) is 13.1. The number of nitrogens with one attached hydrogen (secondary N) is 1. The van der Waals surface area contributed by atoms with Crippen LogP contribution in [0.5, 0.6) is 11.5 Å². The number of hydrogen-bond donors (Lipinski definition) is 1. The molecule has 128 valence electrons. The summed E-state index contributed by atoms with van der Waals surface area (Å²) < 4.78 is 34.0. The van der Waals surface area contributed by atoms with Crippen molar-refractivity contribution in [1.29, 1.82) is 0 Å². The van der Waals surface area contributed by atoms with Crippen LogP contribution in [0, 0.1) is 0 Å². The number of halogens is 2. The maximum absolute atomic E-state index is 12.1. The lowest BCUT2D eigenvalue weighted by molar-refractivity contribution is -0.118. The quantitative estimate of drug-likeness (QED) is 0.719. The number of anilines is 1. The minimum Gasteiger partial charge on any atom is -0.483 e. The van der Waals surface area contributed by atoms with Crippen LogP contribution < -0.4 is 14.8 Å². The van der Waals surface area contributed by atoms with Crippen molar-refractivity contribution >= 4 is 22.4 Å². The first kappa shape index (κ1) is 16.7. The van der Waals surface area contributed by atoms with Gasteiger partial charge in [0.2, 0.25) is 0 Å². The van der Waals surface area contributed by atoms with E-state index >= 15 is 0 Å². The van der Waals surface area contributed by atoms with E-state index in [1.165, 1.54) is 24.3 Å². The van der Waals surface area contributed by atoms with Gasteiger partial charge in [0.25, 0.3) is 5.91 Å². The molecule has 4 nitrogen and oxygen atoms in total. The molecule has 0 fully saturated rings. The monoisotopic (exact) mass is 343 g/mol. The molecule has 0 unspecified atom stereocenters. The molecule has 0 aromatic heterocycles. The average molecular weight is 343 g/mol. The molecule has 1 amide bonds. The molecular weight excluding hydrogens is 328 g/mol. The number of amides is 1. The van der Waals surface area contributed by atoms with E-state index in [-0.39, 0.29) is 18.3 Å². The fourth-order valence-electron chi connectivity index (χ4n) is 2.38. The highest BCUT2D eigenvalue weighted by Crippen LogP contribution is 2.25. The van der Waals surface area contributed by atoms with Crippen molar-refractivity contribution in [2.45, 2.75) is 6.61 Å². The van der Waals surface area contributed by atoms with Gasteiger partial charge in [0.05, 0.1) is 0 Å². The molecule has 3 aromatic rings. The lowest BCUT2D eigenvalue weighted by atomic mass is 10.1. The Morgan fingerprint density at radius 3 is 2.44 bits per heavy atom. The highest BCUT2D eigenvalue weighted by Gasteiger charge is 2.08. The normalized spacial score (nSPS) is 10.7. The molecular formula is C19H15F2NO3. The Morgan fingerprint density at radius 1 is 0.960 bits per heavy atom. The van der Waals surface area contributed by atoms with Crippen LogP contribution in [0.25, 0.3) is 10.8 Å². The third kappa shape index (κ3) is 4.44. The highest BCUT2D eigenvalue weighted by molar-refractivity contribution is 5.93. The van der Waals surface area contributed by atoms with E-state index in [0.717, 1.165) is 10.8 Å². The van der Waals surface area contributed by atoms with E-state index in [4.69, 9.17) is 4.74 Å². The molecule has 3 rings (SSSR count). The SMILES string of the molecule is O=C(COc1cccc2ccccc12)Nc1ccc(OC(F)F)cc1. The first-order valence-corrected chi connectivity index (χ1v) is 7.57. The van der Waals surface area contributed by atoms with Crippen molar-refractivity contribution in [2.75, 3.05) is 11.9 Å². The first-order chi connectivity index (χ1) is 12.1. The summed E-state index contributed by atoms with van der Waals surface area (Å²) in [5.74, 6) is 0.296. The second kappa shape index (κ2) is 7.61. The molecule has 0 heterocycles. The minimum absolute atomic E-state index is 0.0278. The zero-order chi connectivity index (χ0) is 17.6. The van der Waals surface area contributed by atoms with Gasteiger partial charge in [-0.25, -0.2) is 0 Å². The molecule has 3 aromatic carbocycles. The molecule has 0 aliphatic carbocycles. The van der Waals surface area contributed by atoms with Crippen molar-refractivity contribution in [2.24, 2.45) is 0 Å². The van der Waals surface area contributed by atoms with Crippen LogP contribution in [-0.4, -0.2) is 19.1 Å². The van der Waals surface area contributed by atoms with Gasteiger partial charge in [0.1, 0.15) is 11.5 Å². The predicted molar refractivity (Wildman–Crippen MR) is 91.1 cm³/mol. The molecule has 1 N–H and O–H groups in total. The predicted octanol–water partition coefficient (Wildman–Crippen LogP) is 4.46. The van der Waals surface area contributed by atoms with E-state index in [0.29, 0.717) is 11.4 Å². The molecule has 0 aliphatic rings. The maximum atomic E-state index is 12.1. The molecule has 0 bridgehead atoms. The summed E-state index contributed by atoms with van der Waals surface area (Å²) in [5, 5.41) is 4.58. The first-order valence-electron chi connectivity index (χ1n) is 7.57. The Kier molecular flexibility index (Phi) is 5.09. The fraction of sp³-hybridized carbons (Fsp3) is 0.105. The fourth-order valence-corrected chi connectivity index (χ4v) is 2.38. The van der Waals surface area contributed by atoms with E-state index in [2.05, 4.69) is 10.1 Å². The number of fused-ring (bicyclic) bond motifs is 1. The number of ether oxygens (including phenoxy) is 2. The zero-order valence-electron chi connectivity index (χ0n) is 13.1. The van der Waals surface area contributed by atoms with Gasteiger partial charge < -0.3 is 14.8 Å². The average Bonchev–Trinajstić information content (AvgIpc) is 2.61. The van der Waals surface area contributed by atoms with E-state index in [9.17, 15) is 13.6 Å². The third-order valence-corrected chi connectivity index (χ3v) is 3.47. The van der Waals surface area contributed by atoms with Crippen LogP contribution in [0.2, 0.25) is 0 Å². The number of carbonyl (C=O) groups excluding carboxylic acids is 1. The number of carbonyl (C=O) groups is 1. The van der Waals surface area contributed by atoms with Crippen LogP contribution in [-0.2, 0) is 4.79 Å². The van der Waals surface area contributed by atoms with Crippen molar-refractivity contribution in [3.05, 3.63) is 66.7 Å². The lowest BCUT2D eigenvalue weighted by Gasteiger charge is -2.10. The van der Waals surface area contributed by atoms with Crippen molar-refractivity contribution < 1.29 is 23.0 Å². The van der Waals surface area contributed by atoms with Gasteiger partial charge in [-0.15, -0.1) is 0 Å². The van der Waals surface area contributed by atoms with Crippen LogP contribution >= 0.6 is 0 Å². The van der Waals surface area contributed by atoms with Gasteiger partial charge in [0.15, 0.2) is 6.61 Å². The topological polar surface area (TPSA) is 47.6 Å². The smallest absolute Gasteiger partial charge is 0.387 e.